The van der Waals surface area contributed by atoms with Gasteiger partial charge in [-0.2, -0.15) is 0 Å². The van der Waals surface area contributed by atoms with Crippen LogP contribution < -0.4 is 10.2 Å². The fourth-order valence-corrected chi connectivity index (χ4v) is 3.21. The van der Waals surface area contributed by atoms with Gasteiger partial charge < -0.3 is 10.2 Å². The van der Waals surface area contributed by atoms with E-state index in [1.807, 2.05) is 11.3 Å². The molecule has 0 radical (unpaired) electrons. The first kappa shape index (κ1) is 11.0. The molecule has 1 aliphatic rings. The van der Waals surface area contributed by atoms with Crippen molar-refractivity contribution in [2.75, 3.05) is 32.1 Å². The summed E-state index contributed by atoms with van der Waals surface area (Å²) in [5, 5.41) is 6.87. The number of anilines is 1. The summed E-state index contributed by atoms with van der Waals surface area (Å²) in [5.74, 6) is 0. The monoisotopic (exact) mass is 224 g/mol. The maximum atomic E-state index is 3.34. The first-order valence-electron chi connectivity index (χ1n) is 5.65. The molecule has 0 spiro atoms. The van der Waals surface area contributed by atoms with E-state index in [0.29, 0.717) is 5.41 Å². The van der Waals surface area contributed by atoms with Gasteiger partial charge in [0.2, 0.25) is 0 Å². The second-order valence-electron chi connectivity index (χ2n) is 4.69. The van der Waals surface area contributed by atoms with Crippen molar-refractivity contribution in [2.24, 2.45) is 5.41 Å². The molecule has 3 heteroatoms. The Morgan fingerprint density at radius 1 is 1.53 bits per heavy atom. The smallest absolute Gasteiger partial charge is 0.0906 e. The zero-order valence-corrected chi connectivity index (χ0v) is 10.4. The Kier molecular flexibility index (Phi) is 3.32. The van der Waals surface area contributed by atoms with Gasteiger partial charge in [0.15, 0.2) is 0 Å². The third kappa shape index (κ3) is 2.34. The quantitative estimate of drug-likeness (QED) is 0.827. The third-order valence-corrected chi connectivity index (χ3v) is 4.40. The van der Waals surface area contributed by atoms with Gasteiger partial charge in [0.25, 0.3) is 0 Å². The van der Waals surface area contributed by atoms with Crippen molar-refractivity contribution in [2.45, 2.75) is 19.3 Å². The molecule has 15 heavy (non-hydrogen) atoms. The maximum Gasteiger partial charge on any atom is 0.0906 e. The van der Waals surface area contributed by atoms with Crippen LogP contribution in [0, 0.1) is 5.41 Å². The van der Waals surface area contributed by atoms with Crippen LogP contribution in [0.4, 0.5) is 5.00 Å². The lowest BCUT2D eigenvalue weighted by molar-refractivity contribution is 0.143. The average molecular weight is 224 g/mol. The van der Waals surface area contributed by atoms with Crippen LogP contribution in [0.25, 0.3) is 0 Å². The van der Waals surface area contributed by atoms with Crippen LogP contribution in [0.15, 0.2) is 17.5 Å². The predicted molar refractivity (Wildman–Crippen MR) is 67.8 cm³/mol. The summed E-state index contributed by atoms with van der Waals surface area (Å²) in [7, 11) is 4.27. The van der Waals surface area contributed by atoms with Crippen LogP contribution >= 0.6 is 11.3 Å². The summed E-state index contributed by atoms with van der Waals surface area (Å²) in [4.78, 5) is 2.40. The van der Waals surface area contributed by atoms with Crippen LogP contribution in [0.5, 0.6) is 0 Å². The first-order valence-corrected chi connectivity index (χ1v) is 6.53. The van der Waals surface area contributed by atoms with Crippen LogP contribution in [0.1, 0.15) is 19.3 Å². The number of hydrogen-bond donors (Lipinski definition) is 1. The Labute approximate surface area is 96.3 Å². The van der Waals surface area contributed by atoms with Crippen LogP contribution in [-0.2, 0) is 0 Å². The lowest BCUT2D eigenvalue weighted by Crippen LogP contribution is -2.46. The van der Waals surface area contributed by atoms with Gasteiger partial charge in [-0.05, 0) is 37.4 Å². The minimum atomic E-state index is 0.535. The summed E-state index contributed by atoms with van der Waals surface area (Å²) >= 11 is 1.83. The van der Waals surface area contributed by atoms with Gasteiger partial charge >= 0.3 is 0 Å². The highest BCUT2D eigenvalue weighted by Crippen LogP contribution is 2.41. The largest absolute Gasteiger partial charge is 0.366 e. The Hall–Kier alpha value is -0.540. The SMILES string of the molecule is CNCC1(CN(C)c2cccs2)CCC1. The molecule has 2 rings (SSSR count). The Morgan fingerprint density at radius 2 is 2.33 bits per heavy atom. The second-order valence-corrected chi connectivity index (χ2v) is 5.62. The average Bonchev–Trinajstić information content (AvgIpc) is 2.67. The van der Waals surface area contributed by atoms with Gasteiger partial charge in [-0.15, -0.1) is 11.3 Å². The van der Waals surface area contributed by atoms with Crippen molar-refractivity contribution in [1.82, 2.24) is 5.32 Å². The molecule has 0 amide bonds. The first-order chi connectivity index (χ1) is 7.26. The molecule has 2 nitrogen and oxygen atoms in total. The molecule has 0 atom stereocenters. The summed E-state index contributed by atoms with van der Waals surface area (Å²) in [6, 6.07) is 4.33. The molecule has 0 aliphatic heterocycles. The van der Waals surface area contributed by atoms with E-state index in [1.165, 1.54) is 30.8 Å². The summed E-state index contributed by atoms with van der Waals surface area (Å²) < 4.78 is 0. The molecule has 1 aromatic rings. The van der Waals surface area contributed by atoms with Gasteiger partial charge in [-0.1, -0.05) is 6.42 Å². The summed E-state index contributed by atoms with van der Waals surface area (Å²) in [5.41, 5.74) is 0.535. The van der Waals surface area contributed by atoms with E-state index in [-0.39, 0.29) is 0 Å². The molecule has 1 heterocycles. The topological polar surface area (TPSA) is 15.3 Å². The zero-order valence-electron chi connectivity index (χ0n) is 9.62. The van der Waals surface area contributed by atoms with Crippen molar-refractivity contribution >= 4 is 16.3 Å². The van der Waals surface area contributed by atoms with E-state index in [1.54, 1.807) is 0 Å². The highest BCUT2D eigenvalue weighted by atomic mass is 32.1. The number of rotatable bonds is 5. The second kappa shape index (κ2) is 4.54. The van der Waals surface area contributed by atoms with E-state index in [2.05, 4.69) is 41.8 Å². The van der Waals surface area contributed by atoms with E-state index in [9.17, 15) is 0 Å². The summed E-state index contributed by atoms with van der Waals surface area (Å²) in [6.45, 7) is 2.34. The number of nitrogens with zero attached hydrogens (tertiary/aromatic N) is 1. The molecule has 0 unspecified atom stereocenters. The fourth-order valence-electron chi connectivity index (χ4n) is 2.51. The standard InChI is InChI=1S/C12H20N2S/c1-13-9-12(6-4-7-12)10-14(2)11-5-3-8-15-11/h3,5,8,13H,4,6-7,9-10H2,1-2H3. The minimum Gasteiger partial charge on any atom is -0.366 e. The number of nitrogens with one attached hydrogen (secondary N) is 1. The molecular formula is C12H20N2S. The van der Waals surface area contributed by atoms with Crippen molar-refractivity contribution in [3.8, 4) is 0 Å². The van der Waals surface area contributed by atoms with E-state index < -0.39 is 0 Å². The molecule has 1 saturated carbocycles. The molecule has 1 aromatic heterocycles. The molecule has 1 fully saturated rings. The fraction of sp³-hybridized carbons (Fsp3) is 0.667. The highest BCUT2D eigenvalue weighted by Gasteiger charge is 2.37. The minimum absolute atomic E-state index is 0.535. The number of hydrogen-bond acceptors (Lipinski definition) is 3. The van der Waals surface area contributed by atoms with Gasteiger partial charge in [0, 0.05) is 25.6 Å². The van der Waals surface area contributed by atoms with Crippen molar-refractivity contribution in [3.63, 3.8) is 0 Å². The normalized spacial score (nSPS) is 18.5. The van der Waals surface area contributed by atoms with E-state index in [0.717, 1.165) is 6.54 Å². The molecule has 0 bridgehead atoms. The Balaban J connectivity index is 1.95. The van der Waals surface area contributed by atoms with Crippen molar-refractivity contribution < 1.29 is 0 Å². The van der Waals surface area contributed by atoms with Crippen LogP contribution in [0.3, 0.4) is 0 Å². The van der Waals surface area contributed by atoms with E-state index >= 15 is 0 Å². The van der Waals surface area contributed by atoms with Crippen LogP contribution in [0.2, 0.25) is 0 Å². The Morgan fingerprint density at radius 3 is 2.80 bits per heavy atom. The van der Waals surface area contributed by atoms with Crippen molar-refractivity contribution in [3.05, 3.63) is 17.5 Å². The molecule has 84 valence electrons. The lowest BCUT2D eigenvalue weighted by Gasteiger charge is -2.44. The molecule has 1 N–H and O–H groups in total. The Bertz CT molecular complexity index is 291. The molecular weight excluding hydrogens is 204 g/mol. The van der Waals surface area contributed by atoms with Gasteiger partial charge in [0.05, 0.1) is 5.00 Å². The molecule has 0 aromatic carbocycles. The predicted octanol–water partition coefficient (Wildman–Crippen LogP) is 2.57. The highest BCUT2D eigenvalue weighted by molar-refractivity contribution is 7.14. The van der Waals surface area contributed by atoms with E-state index in [4.69, 9.17) is 0 Å². The third-order valence-electron chi connectivity index (χ3n) is 3.42. The summed E-state index contributed by atoms with van der Waals surface area (Å²) in [6.07, 6.45) is 4.16. The van der Waals surface area contributed by atoms with Gasteiger partial charge in [-0.25, -0.2) is 0 Å². The molecule has 1 aliphatic carbocycles. The van der Waals surface area contributed by atoms with Crippen molar-refractivity contribution in [1.29, 1.82) is 0 Å². The van der Waals surface area contributed by atoms with Gasteiger partial charge in [-0.3, -0.25) is 0 Å². The maximum absolute atomic E-state index is 3.34. The molecule has 0 saturated heterocycles. The lowest BCUT2D eigenvalue weighted by atomic mass is 9.68. The number of thiophene rings is 1. The van der Waals surface area contributed by atoms with Crippen LogP contribution in [-0.4, -0.2) is 27.2 Å². The zero-order chi connectivity index (χ0) is 10.7. The van der Waals surface area contributed by atoms with Gasteiger partial charge in [0.1, 0.15) is 0 Å².